The number of hydrogen-bond acceptors (Lipinski definition) is 8. The molecule has 0 aliphatic carbocycles. The molecular formula is C19H23N3O7. The molecule has 1 rings (SSSR count). The number of amides is 2. The van der Waals surface area contributed by atoms with Gasteiger partial charge in [-0.2, -0.15) is 5.10 Å². The summed E-state index contributed by atoms with van der Waals surface area (Å²) in [7, 11) is 1.07. The summed E-state index contributed by atoms with van der Waals surface area (Å²) in [5, 5.41) is 6.30. The number of benzene rings is 1. The van der Waals surface area contributed by atoms with E-state index < -0.39 is 35.1 Å². The Labute approximate surface area is 167 Å². The average molecular weight is 405 g/mol. The molecule has 1 aromatic carbocycles. The molecule has 0 saturated heterocycles. The molecular weight excluding hydrogens is 382 g/mol. The molecule has 2 N–H and O–H groups in total. The minimum absolute atomic E-state index is 0.0376. The van der Waals surface area contributed by atoms with E-state index in [0.717, 1.165) is 7.11 Å². The number of rotatable bonds is 8. The molecule has 0 unspecified atom stereocenters. The van der Waals surface area contributed by atoms with Crippen molar-refractivity contribution >= 4 is 35.3 Å². The van der Waals surface area contributed by atoms with Crippen LogP contribution in [0.1, 0.15) is 20.8 Å². The summed E-state index contributed by atoms with van der Waals surface area (Å²) in [5.41, 5.74) is 1.38. The first-order chi connectivity index (χ1) is 13.8. The normalized spacial score (nSPS) is 10.4. The van der Waals surface area contributed by atoms with Gasteiger partial charge in [0.05, 0.1) is 26.0 Å². The minimum atomic E-state index is -1.07. The lowest BCUT2D eigenvalue weighted by Crippen LogP contribution is -2.29. The predicted molar refractivity (Wildman–Crippen MR) is 104 cm³/mol. The third-order valence-electron chi connectivity index (χ3n) is 3.32. The van der Waals surface area contributed by atoms with Crippen LogP contribution in [0.4, 0.5) is 10.5 Å². The Morgan fingerprint density at radius 1 is 0.897 bits per heavy atom. The van der Waals surface area contributed by atoms with Crippen LogP contribution in [0, 0.1) is 0 Å². The molecule has 0 aliphatic heterocycles. The van der Waals surface area contributed by atoms with E-state index in [1.165, 1.54) is 20.8 Å². The smallest absolute Gasteiger partial charge is 0.346 e. The zero-order valence-corrected chi connectivity index (χ0v) is 16.6. The molecule has 10 nitrogen and oxygen atoms in total. The maximum Gasteiger partial charge on any atom is 0.346 e. The Kier molecular flexibility index (Phi) is 9.59. The Balaban J connectivity index is 3.23. The third-order valence-corrected chi connectivity index (χ3v) is 3.32. The van der Waals surface area contributed by atoms with E-state index in [1.807, 2.05) is 0 Å². The molecule has 0 fully saturated rings. The lowest BCUT2D eigenvalue weighted by atomic mass is 10.0. The van der Waals surface area contributed by atoms with Gasteiger partial charge in [0.2, 0.25) is 0 Å². The van der Waals surface area contributed by atoms with Gasteiger partial charge in [0, 0.05) is 5.69 Å². The number of para-hydroxylation sites is 1. The van der Waals surface area contributed by atoms with E-state index in [2.05, 4.69) is 20.6 Å². The van der Waals surface area contributed by atoms with Crippen molar-refractivity contribution in [1.82, 2.24) is 5.43 Å². The van der Waals surface area contributed by atoms with Gasteiger partial charge in [0.1, 0.15) is 5.57 Å². The molecule has 0 saturated carbocycles. The second-order valence-corrected chi connectivity index (χ2v) is 5.31. The molecule has 1 aromatic rings. The SMILES string of the molecule is CCOC(=O)C(C(=O)OCC)=C(C(=O)OC)/C(C)=N/NC(=O)Nc1ccccc1. The molecule has 0 bridgehead atoms. The monoisotopic (exact) mass is 405 g/mol. The van der Waals surface area contributed by atoms with E-state index in [0.29, 0.717) is 5.69 Å². The quantitative estimate of drug-likeness (QED) is 0.128. The Morgan fingerprint density at radius 3 is 1.93 bits per heavy atom. The topological polar surface area (TPSA) is 132 Å². The fourth-order valence-corrected chi connectivity index (χ4v) is 2.10. The van der Waals surface area contributed by atoms with Gasteiger partial charge in [0.15, 0.2) is 5.57 Å². The molecule has 2 amide bonds. The molecule has 0 radical (unpaired) electrons. The second kappa shape index (κ2) is 11.9. The first-order valence-corrected chi connectivity index (χ1v) is 8.69. The highest BCUT2D eigenvalue weighted by atomic mass is 16.6. The number of anilines is 1. The Hall–Kier alpha value is -3.69. The van der Waals surface area contributed by atoms with Gasteiger partial charge in [-0.05, 0) is 32.9 Å². The van der Waals surface area contributed by atoms with Crippen molar-refractivity contribution in [3.8, 4) is 0 Å². The number of esters is 3. The predicted octanol–water partition coefficient (Wildman–Crippen LogP) is 1.78. The summed E-state index contributed by atoms with van der Waals surface area (Å²) < 4.78 is 14.3. The van der Waals surface area contributed by atoms with Crippen molar-refractivity contribution in [3.05, 3.63) is 41.5 Å². The maximum atomic E-state index is 12.3. The van der Waals surface area contributed by atoms with Crippen molar-refractivity contribution in [2.45, 2.75) is 20.8 Å². The summed E-state index contributed by atoms with van der Waals surface area (Å²) in [4.78, 5) is 48.7. The summed E-state index contributed by atoms with van der Waals surface area (Å²) in [6.45, 7) is 4.31. The van der Waals surface area contributed by atoms with Crippen LogP contribution in [-0.2, 0) is 28.6 Å². The number of methoxy groups -OCH3 is 1. The van der Waals surface area contributed by atoms with Gasteiger partial charge in [0.25, 0.3) is 0 Å². The Bertz CT molecular complexity index is 796. The third kappa shape index (κ3) is 7.09. The van der Waals surface area contributed by atoms with Crippen molar-refractivity contribution < 1.29 is 33.4 Å². The number of hydrogen-bond donors (Lipinski definition) is 2. The van der Waals surface area contributed by atoms with Crippen molar-refractivity contribution in [1.29, 1.82) is 0 Å². The minimum Gasteiger partial charge on any atom is -0.465 e. The van der Waals surface area contributed by atoms with E-state index in [-0.39, 0.29) is 18.9 Å². The summed E-state index contributed by atoms with van der Waals surface area (Å²) in [5.74, 6) is -3.17. The number of carbonyl (C=O) groups is 4. The highest BCUT2D eigenvalue weighted by Gasteiger charge is 2.32. The van der Waals surface area contributed by atoms with Gasteiger partial charge in [-0.15, -0.1) is 0 Å². The van der Waals surface area contributed by atoms with Gasteiger partial charge < -0.3 is 19.5 Å². The number of hydrazone groups is 1. The van der Waals surface area contributed by atoms with Crippen LogP contribution >= 0.6 is 0 Å². The number of ether oxygens (including phenoxy) is 3. The largest absolute Gasteiger partial charge is 0.465 e. The summed E-state index contributed by atoms with van der Waals surface area (Å²) in [6.07, 6.45) is 0. The fourth-order valence-electron chi connectivity index (χ4n) is 2.10. The van der Waals surface area contributed by atoms with Crippen LogP contribution in [-0.4, -0.2) is 50.0 Å². The van der Waals surface area contributed by atoms with E-state index in [4.69, 9.17) is 9.47 Å². The fraction of sp³-hybridized carbons (Fsp3) is 0.316. The number of carbonyl (C=O) groups excluding carboxylic acids is 4. The summed E-state index contributed by atoms with van der Waals surface area (Å²) in [6, 6.07) is 7.87. The zero-order chi connectivity index (χ0) is 21.8. The molecule has 0 aromatic heterocycles. The van der Waals surface area contributed by atoms with Crippen LogP contribution in [0.5, 0.6) is 0 Å². The first kappa shape index (κ1) is 23.3. The van der Waals surface area contributed by atoms with Crippen LogP contribution in [0.3, 0.4) is 0 Å². The molecule has 29 heavy (non-hydrogen) atoms. The van der Waals surface area contributed by atoms with E-state index in [1.54, 1.807) is 30.3 Å². The first-order valence-electron chi connectivity index (χ1n) is 8.69. The lowest BCUT2D eigenvalue weighted by molar-refractivity contribution is -0.148. The average Bonchev–Trinajstić information content (AvgIpc) is 2.70. The highest BCUT2D eigenvalue weighted by Crippen LogP contribution is 2.14. The molecule has 0 atom stereocenters. The van der Waals surface area contributed by atoms with Gasteiger partial charge in [-0.3, -0.25) is 0 Å². The molecule has 0 spiro atoms. The van der Waals surface area contributed by atoms with Gasteiger partial charge >= 0.3 is 23.9 Å². The van der Waals surface area contributed by atoms with Crippen LogP contribution in [0.25, 0.3) is 0 Å². The van der Waals surface area contributed by atoms with Gasteiger partial charge in [-0.1, -0.05) is 18.2 Å². The number of nitrogens with one attached hydrogen (secondary N) is 2. The number of nitrogens with zero attached hydrogens (tertiary/aromatic N) is 1. The lowest BCUT2D eigenvalue weighted by Gasteiger charge is -2.12. The van der Waals surface area contributed by atoms with Gasteiger partial charge in [-0.25, -0.2) is 24.6 Å². The molecule has 156 valence electrons. The molecule has 0 aliphatic rings. The molecule has 10 heteroatoms. The Morgan fingerprint density at radius 2 is 1.45 bits per heavy atom. The van der Waals surface area contributed by atoms with Crippen LogP contribution in [0.15, 0.2) is 46.6 Å². The number of urea groups is 1. The van der Waals surface area contributed by atoms with Crippen molar-refractivity contribution in [3.63, 3.8) is 0 Å². The van der Waals surface area contributed by atoms with E-state index >= 15 is 0 Å². The second-order valence-electron chi connectivity index (χ2n) is 5.31. The molecule has 0 heterocycles. The van der Waals surface area contributed by atoms with E-state index in [9.17, 15) is 19.2 Å². The highest BCUT2D eigenvalue weighted by molar-refractivity contribution is 6.30. The standard InChI is InChI=1S/C19H23N3O7/c1-5-28-17(24)15(18(25)29-6-2)14(16(23)27-4)12(3)21-22-19(26)20-13-10-8-7-9-11-13/h7-11H,5-6H2,1-4H3,(H2,20,22,26)/b21-12+. The van der Waals surface area contributed by atoms with Crippen LogP contribution < -0.4 is 10.7 Å². The maximum absolute atomic E-state index is 12.3. The van der Waals surface area contributed by atoms with Crippen molar-refractivity contribution in [2.75, 3.05) is 25.6 Å². The summed E-state index contributed by atoms with van der Waals surface area (Å²) >= 11 is 0. The van der Waals surface area contributed by atoms with Crippen molar-refractivity contribution in [2.24, 2.45) is 5.10 Å². The zero-order valence-electron chi connectivity index (χ0n) is 16.6. The van der Waals surface area contributed by atoms with Crippen LogP contribution in [0.2, 0.25) is 0 Å².